The summed E-state index contributed by atoms with van der Waals surface area (Å²) in [5.41, 5.74) is -0.270. The Morgan fingerprint density at radius 2 is 2.08 bits per heavy atom. The van der Waals surface area contributed by atoms with E-state index in [4.69, 9.17) is 0 Å². The van der Waals surface area contributed by atoms with Crippen molar-refractivity contribution in [2.75, 3.05) is 11.0 Å². The van der Waals surface area contributed by atoms with Gasteiger partial charge in [-0.3, -0.25) is 9.59 Å². The highest BCUT2D eigenvalue weighted by Crippen LogP contribution is 2.40. The molecule has 3 atom stereocenters. The van der Waals surface area contributed by atoms with E-state index in [1.54, 1.807) is 4.90 Å². The lowest BCUT2D eigenvalue weighted by Gasteiger charge is -2.54. The van der Waals surface area contributed by atoms with Gasteiger partial charge >= 0.3 is 0 Å². The molecule has 0 aliphatic carbocycles. The maximum Gasteiger partial charge on any atom is 0.246 e. The first kappa shape index (κ1) is 17.7. The summed E-state index contributed by atoms with van der Waals surface area (Å²) in [5.74, 6) is -0.266. The standard InChI is InChI=1S/C18H23IN2O3/c1-13(22)21-15(12-14-6-3-2-4-7-14)17(23)20-11-5-8-16(20)18(21,24)9-10-19/h2-4,6-7,15-16,24H,5,8-12H2,1H3/t15-,16?,18+/m0/s1. The first-order valence-electron chi connectivity index (χ1n) is 8.41. The Hall–Kier alpha value is -1.15. The van der Waals surface area contributed by atoms with Gasteiger partial charge in [0.25, 0.3) is 0 Å². The van der Waals surface area contributed by atoms with Crippen LogP contribution < -0.4 is 0 Å². The molecule has 0 bridgehead atoms. The minimum absolute atomic E-state index is 0.0327. The quantitative estimate of drug-likeness (QED) is 0.573. The zero-order chi connectivity index (χ0) is 17.3. The van der Waals surface area contributed by atoms with E-state index in [1.165, 1.54) is 11.8 Å². The van der Waals surface area contributed by atoms with Crippen LogP contribution in [-0.4, -0.2) is 55.5 Å². The normalized spacial score (nSPS) is 29.7. The van der Waals surface area contributed by atoms with Gasteiger partial charge in [-0.05, 0) is 18.4 Å². The number of halogens is 1. The molecule has 1 aromatic carbocycles. The maximum absolute atomic E-state index is 13.0. The zero-order valence-electron chi connectivity index (χ0n) is 13.8. The number of rotatable bonds is 4. The number of fused-ring (bicyclic) bond motifs is 1. The van der Waals surface area contributed by atoms with Crippen LogP contribution in [0.15, 0.2) is 30.3 Å². The maximum atomic E-state index is 13.0. The van der Waals surface area contributed by atoms with Gasteiger partial charge in [0.2, 0.25) is 11.8 Å². The van der Waals surface area contributed by atoms with E-state index in [0.29, 0.717) is 19.4 Å². The molecule has 1 unspecified atom stereocenters. The van der Waals surface area contributed by atoms with Gasteiger partial charge in [-0.2, -0.15) is 0 Å². The van der Waals surface area contributed by atoms with Crippen LogP contribution in [0.5, 0.6) is 0 Å². The Morgan fingerprint density at radius 1 is 1.38 bits per heavy atom. The third-order valence-electron chi connectivity index (χ3n) is 5.16. The molecule has 2 fully saturated rings. The molecule has 0 saturated carbocycles. The fraction of sp³-hybridized carbons (Fsp3) is 0.556. The number of alkyl halides is 1. The van der Waals surface area contributed by atoms with Crippen LogP contribution in [0.2, 0.25) is 0 Å². The van der Waals surface area contributed by atoms with Crippen molar-refractivity contribution in [3.8, 4) is 0 Å². The Labute approximate surface area is 156 Å². The van der Waals surface area contributed by atoms with Crippen LogP contribution in [0.3, 0.4) is 0 Å². The fourth-order valence-corrected chi connectivity index (χ4v) is 4.97. The minimum atomic E-state index is -1.27. The summed E-state index contributed by atoms with van der Waals surface area (Å²) in [6.07, 6.45) is 2.55. The predicted molar refractivity (Wildman–Crippen MR) is 99.6 cm³/mol. The van der Waals surface area contributed by atoms with Gasteiger partial charge in [-0.1, -0.05) is 52.9 Å². The second kappa shape index (κ2) is 7.00. The Bertz CT molecular complexity index is 624. The third-order valence-corrected chi connectivity index (χ3v) is 5.70. The van der Waals surface area contributed by atoms with Gasteiger partial charge < -0.3 is 14.9 Å². The molecule has 0 radical (unpaired) electrons. The number of carbonyl (C=O) groups excluding carboxylic acids is 2. The number of piperazine rings is 1. The molecule has 2 heterocycles. The molecule has 2 aliphatic heterocycles. The van der Waals surface area contributed by atoms with Crippen molar-refractivity contribution in [2.45, 2.75) is 50.4 Å². The number of benzene rings is 1. The van der Waals surface area contributed by atoms with Crippen molar-refractivity contribution in [3.05, 3.63) is 35.9 Å². The first-order chi connectivity index (χ1) is 11.5. The van der Waals surface area contributed by atoms with Crippen molar-refractivity contribution in [1.29, 1.82) is 0 Å². The summed E-state index contributed by atoms with van der Waals surface area (Å²) in [5, 5.41) is 11.4. The van der Waals surface area contributed by atoms with Crippen LogP contribution in [-0.2, 0) is 16.0 Å². The molecule has 3 rings (SSSR count). The number of aliphatic hydroxyl groups is 1. The molecule has 24 heavy (non-hydrogen) atoms. The molecule has 1 N–H and O–H groups in total. The number of carbonyl (C=O) groups is 2. The average Bonchev–Trinajstić information content (AvgIpc) is 3.04. The summed E-state index contributed by atoms with van der Waals surface area (Å²) in [4.78, 5) is 28.7. The highest BCUT2D eigenvalue weighted by molar-refractivity contribution is 14.1. The molecule has 0 aromatic heterocycles. The van der Waals surface area contributed by atoms with E-state index in [-0.39, 0.29) is 17.9 Å². The molecule has 5 nitrogen and oxygen atoms in total. The topological polar surface area (TPSA) is 60.9 Å². The lowest BCUT2D eigenvalue weighted by atomic mass is 9.88. The largest absolute Gasteiger partial charge is 0.369 e. The second-order valence-corrected chi connectivity index (χ2v) is 7.68. The minimum Gasteiger partial charge on any atom is -0.369 e. The summed E-state index contributed by atoms with van der Waals surface area (Å²) in [7, 11) is 0. The van der Waals surface area contributed by atoms with Crippen LogP contribution in [0.25, 0.3) is 0 Å². The SMILES string of the molecule is CC(=O)N1[C@@H](Cc2ccccc2)C(=O)N2CCCC2[C@]1(O)CCI. The smallest absolute Gasteiger partial charge is 0.246 e. The molecule has 0 spiro atoms. The van der Waals surface area contributed by atoms with E-state index in [0.717, 1.165) is 22.8 Å². The van der Waals surface area contributed by atoms with Crippen molar-refractivity contribution in [2.24, 2.45) is 0 Å². The van der Waals surface area contributed by atoms with E-state index in [1.807, 2.05) is 30.3 Å². The molecular formula is C18H23IN2O3. The van der Waals surface area contributed by atoms with E-state index in [9.17, 15) is 14.7 Å². The van der Waals surface area contributed by atoms with Crippen LogP contribution >= 0.6 is 22.6 Å². The second-order valence-electron chi connectivity index (χ2n) is 6.60. The molecule has 2 amide bonds. The van der Waals surface area contributed by atoms with Gasteiger partial charge in [0.15, 0.2) is 5.72 Å². The molecule has 2 saturated heterocycles. The van der Waals surface area contributed by atoms with Gasteiger partial charge in [0.05, 0.1) is 6.04 Å². The van der Waals surface area contributed by atoms with E-state index >= 15 is 0 Å². The lowest BCUT2D eigenvalue weighted by Crippen LogP contribution is -2.73. The monoisotopic (exact) mass is 442 g/mol. The summed E-state index contributed by atoms with van der Waals surface area (Å²) < 4.78 is 0.731. The molecule has 6 heteroatoms. The molecule has 2 aliphatic rings. The highest BCUT2D eigenvalue weighted by atomic mass is 127. The average molecular weight is 442 g/mol. The summed E-state index contributed by atoms with van der Waals surface area (Å²) >= 11 is 2.22. The first-order valence-corrected chi connectivity index (χ1v) is 9.94. The van der Waals surface area contributed by atoms with Crippen molar-refractivity contribution in [3.63, 3.8) is 0 Å². The van der Waals surface area contributed by atoms with Gasteiger partial charge in [-0.25, -0.2) is 0 Å². The summed E-state index contributed by atoms with van der Waals surface area (Å²) in [6, 6.07) is 8.78. The predicted octanol–water partition coefficient (Wildman–Crippen LogP) is 1.96. The van der Waals surface area contributed by atoms with E-state index in [2.05, 4.69) is 22.6 Å². The van der Waals surface area contributed by atoms with Crippen molar-refractivity contribution in [1.82, 2.24) is 9.80 Å². The zero-order valence-corrected chi connectivity index (χ0v) is 16.0. The third kappa shape index (κ3) is 2.94. The van der Waals surface area contributed by atoms with Crippen LogP contribution in [0.1, 0.15) is 31.7 Å². The number of hydrogen-bond donors (Lipinski definition) is 1. The van der Waals surface area contributed by atoms with Crippen LogP contribution in [0.4, 0.5) is 0 Å². The lowest BCUT2D eigenvalue weighted by molar-refractivity contribution is -0.209. The highest BCUT2D eigenvalue weighted by Gasteiger charge is 2.57. The van der Waals surface area contributed by atoms with Crippen molar-refractivity contribution < 1.29 is 14.7 Å². The van der Waals surface area contributed by atoms with Gasteiger partial charge in [0, 0.05) is 30.7 Å². The van der Waals surface area contributed by atoms with E-state index < -0.39 is 11.8 Å². The number of amides is 2. The van der Waals surface area contributed by atoms with Crippen molar-refractivity contribution >= 4 is 34.4 Å². The van der Waals surface area contributed by atoms with Gasteiger partial charge in [-0.15, -0.1) is 0 Å². The molecule has 130 valence electrons. The molecule has 1 aromatic rings. The Balaban J connectivity index is 2.01. The van der Waals surface area contributed by atoms with Crippen LogP contribution in [0, 0.1) is 0 Å². The van der Waals surface area contributed by atoms with Gasteiger partial charge in [0.1, 0.15) is 6.04 Å². The molecular weight excluding hydrogens is 419 g/mol. The fourth-order valence-electron chi connectivity index (χ4n) is 4.18. The summed E-state index contributed by atoms with van der Waals surface area (Å²) in [6.45, 7) is 2.12. The number of hydrogen-bond acceptors (Lipinski definition) is 3. The Morgan fingerprint density at radius 3 is 2.71 bits per heavy atom. The Kier molecular flexibility index (Phi) is 5.15. The number of nitrogens with zero attached hydrogens (tertiary/aromatic N) is 2.